The molecule has 1 saturated carbocycles. The van der Waals surface area contributed by atoms with Crippen molar-refractivity contribution in [1.82, 2.24) is 5.43 Å². The van der Waals surface area contributed by atoms with E-state index in [9.17, 15) is 0 Å². The molecule has 16 heavy (non-hydrogen) atoms. The summed E-state index contributed by atoms with van der Waals surface area (Å²) in [6.45, 7) is 3.45. The molecule has 0 bridgehead atoms. The molecule has 1 aromatic carbocycles. The standard InChI is InChI=1S/C13H19N3/c1-10-6-7-13(8-10)9-16(15-13)12-5-3-2-4-11(12)14/h2-5,10,15H,6-9,14H2,1H3. The van der Waals surface area contributed by atoms with Crippen LogP contribution >= 0.6 is 0 Å². The van der Waals surface area contributed by atoms with Crippen LogP contribution in [-0.4, -0.2) is 12.1 Å². The topological polar surface area (TPSA) is 41.3 Å². The molecule has 0 radical (unpaired) electrons. The van der Waals surface area contributed by atoms with Crippen LogP contribution in [0.25, 0.3) is 0 Å². The first-order valence-corrected chi connectivity index (χ1v) is 6.08. The highest BCUT2D eigenvalue weighted by Crippen LogP contribution is 2.41. The first kappa shape index (κ1) is 9.97. The van der Waals surface area contributed by atoms with Crippen LogP contribution in [0.4, 0.5) is 11.4 Å². The molecule has 1 heterocycles. The van der Waals surface area contributed by atoms with Gasteiger partial charge >= 0.3 is 0 Å². The number of rotatable bonds is 1. The second-order valence-electron chi connectivity index (χ2n) is 5.39. The van der Waals surface area contributed by atoms with Crippen molar-refractivity contribution in [2.45, 2.75) is 31.7 Å². The van der Waals surface area contributed by atoms with Crippen molar-refractivity contribution < 1.29 is 0 Å². The van der Waals surface area contributed by atoms with Gasteiger partial charge in [-0.1, -0.05) is 19.1 Å². The molecule has 3 N–H and O–H groups in total. The Bertz CT molecular complexity index is 396. The second kappa shape index (κ2) is 3.39. The zero-order chi connectivity index (χ0) is 11.2. The van der Waals surface area contributed by atoms with Gasteiger partial charge in [-0.15, -0.1) is 0 Å². The minimum absolute atomic E-state index is 0.377. The third-order valence-corrected chi connectivity index (χ3v) is 3.92. The van der Waals surface area contributed by atoms with Crippen LogP contribution < -0.4 is 16.2 Å². The zero-order valence-electron chi connectivity index (χ0n) is 9.74. The fourth-order valence-corrected chi connectivity index (χ4v) is 3.09. The Hall–Kier alpha value is -1.22. The van der Waals surface area contributed by atoms with Crippen molar-refractivity contribution in [3.05, 3.63) is 24.3 Å². The summed E-state index contributed by atoms with van der Waals surface area (Å²) in [7, 11) is 0. The molecule has 3 heteroatoms. The molecule has 86 valence electrons. The number of nitrogen functional groups attached to an aromatic ring is 1. The minimum atomic E-state index is 0.377. The van der Waals surface area contributed by atoms with E-state index in [-0.39, 0.29) is 0 Å². The molecule has 0 amide bonds. The maximum absolute atomic E-state index is 5.96. The zero-order valence-corrected chi connectivity index (χ0v) is 9.74. The van der Waals surface area contributed by atoms with Gasteiger partial charge < -0.3 is 10.7 Å². The monoisotopic (exact) mass is 217 g/mol. The summed E-state index contributed by atoms with van der Waals surface area (Å²) >= 11 is 0. The van der Waals surface area contributed by atoms with E-state index in [2.05, 4.69) is 23.4 Å². The first-order valence-electron chi connectivity index (χ1n) is 6.08. The van der Waals surface area contributed by atoms with Gasteiger partial charge in [-0.3, -0.25) is 0 Å². The number of hydrazine groups is 1. The number of para-hydroxylation sites is 2. The van der Waals surface area contributed by atoms with Gasteiger partial charge in [-0.25, -0.2) is 5.43 Å². The Morgan fingerprint density at radius 3 is 2.81 bits per heavy atom. The van der Waals surface area contributed by atoms with Gasteiger partial charge in [0.2, 0.25) is 0 Å². The molecule has 1 aliphatic carbocycles. The van der Waals surface area contributed by atoms with Gasteiger partial charge in [0.05, 0.1) is 23.5 Å². The average molecular weight is 217 g/mol. The molecule has 0 aromatic heterocycles. The molecular weight excluding hydrogens is 198 g/mol. The number of nitrogens with two attached hydrogens (primary N) is 1. The summed E-state index contributed by atoms with van der Waals surface area (Å²) in [4.78, 5) is 0. The van der Waals surface area contributed by atoms with Crippen molar-refractivity contribution in [2.24, 2.45) is 5.92 Å². The predicted molar refractivity (Wildman–Crippen MR) is 67.1 cm³/mol. The normalized spacial score (nSPS) is 33.1. The predicted octanol–water partition coefficient (Wildman–Crippen LogP) is 2.15. The highest BCUT2D eigenvalue weighted by atomic mass is 15.6. The maximum Gasteiger partial charge on any atom is 0.0750 e. The van der Waals surface area contributed by atoms with Crippen LogP contribution in [0.1, 0.15) is 26.2 Å². The quantitative estimate of drug-likeness (QED) is 0.708. The van der Waals surface area contributed by atoms with Crippen LogP contribution in [0.2, 0.25) is 0 Å². The number of nitrogens with one attached hydrogen (secondary N) is 1. The van der Waals surface area contributed by atoms with Crippen molar-refractivity contribution in [3.8, 4) is 0 Å². The second-order valence-corrected chi connectivity index (χ2v) is 5.39. The molecule has 3 rings (SSSR count). The van der Waals surface area contributed by atoms with Crippen LogP contribution in [0.15, 0.2) is 24.3 Å². The van der Waals surface area contributed by atoms with Gasteiger partial charge in [-0.05, 0) is 37.3 Å². The van der Waals surface area contributed by atoms with Crippen molar-refractivity contribution in [3.63, 3.8) is 0 Å². The summed E-state index contributed by atoms with van der Waals surface area (Å²) in [6, 6.07) is 8.05. The van der Waals surface area contributed by atoms with Crippen molar-refractivity contribution in [1.29, 1.82) is 0 Å². The molecule has 1 saturated heterocycles. The summed E-state index contributed by atoms with van der Waals surface area (Å²) < 4.78 is 0. The first-order chi connectivity index (χ1) is 7.69. The van der Waals surface area contributed by atoms with E-state index in [0.717, 1.165) is 23.8 Å². The van der Waals surface area contributed by atoms with Gasteiger partial charge in [0, 0.05) is 0 Å². The Kier molecular flexibility index (Phi) is 2.11. The van der Waals surface area contributed by atoms with Gasteiger partial charge in [0.25, 0.3) is 0 Å². The van der Waals surface area contributed by atoms with Crippen LogP contribution in [0.5, 0.6) is 0 Å². The summed E-state index contributed by atoms with van der Waals surface area (Å²) in [6.07, 6.45) is 3.96. The van der Waals surface area contributed by atoms with Crippen LogP contribution in [-0.2, 0) is 0 Å². The molecule has 1 aliphatic heterocycles. The summed E-state index contributed by atoms with van der Waals surface area (Å²) in [5.41, 5.74) is 11.9. The van der Waals surface area contributed by atoms with E-state index in [4.69, 9.17) is 5.73 Å². The molecule has 2 fully saturated rings. The SMILES string of the molecule is CC1CCC2(C1)CN(c1ccccc1N)N2. The number of benzene rings is 1. The smallest absolute Gasteiger partial charge is 0.0750 e. The lowest BCUT2D eigenvalue weighted by molar-refractivity contribution is 0.217. The average Bonchev–Trinajstić information content (AvgIpc) is 2.60. The molecule has 1 spiro atoms. The Morgan fingerprint density at radius 1 is 1.44 bits per heavy atom. The van der Waals surface area contributed by atoms with Crippen LogP contribution in [0, 0.1) is 5.92 Å². The lowest BCUT2D eigenvalue weighted by atomic mass is 9.92. The van der Waals surface area contributed by atoms with Crippen LogP contribution in [0.3, 0.4) is 0 Å². The van der Waals surface area contributed by atoms with E-state index in [0.29, 0.717) is 5.54 Å². The van der Waals surface area contributed by atoms with Gasteiger partial charge in [0.15, 0.2) is 0 Å². The fraction of sp³-hybridized carbons (Fsp3) is 0.538. The van der Waals surface area contributed by atoms with Gasteiger partial charge in [0.1, 0.15) is 0 Å². The molecule has 2 unspecified atom stereocenters. The highest BCUT2D eigenvalue weighted by Gasteiger charge is 2.47. The number of nitrogens with zero attached hydrogens (tertiary/aromatic N) is 1. The lowest BCUT2D eigenvalue weighted by Crippen LogP contribution is -2.71. The van der Waals surface area contributed by atoms with E-state index < -0.39 is 0 Å². The third kappa shape index (κ3) is 1.47. The van der Waals surface area contributed by atoms with E-state index in [1.807, 2.05) is 18.2 Å². The number of hydrogen-bond donors (Lipinski definition) is 2. The van der Waals surface area contributed by atoms with E-state index in [1.54, 1.807) is 0 Å². The number of hydrogen-bond acceptors (Lipinski definition) is 3. The summed E-state index contributed by atoms with van der Waals surface area (Å²) in [5.74, 6) is 0.864. The molecule has 3 nitrogen and oxygen atoms in total. The Labute approximate surface area is 96.6 Å². The van der Waals surface area contributed by atoms with E-state index >= 15 is 0 Å². The highest BCUT2D eigenvalue weighted by molar-refractivity contribution is 5.68. The molecular formula is C13H19N3. The Morgan fingerprint density at radius 2 is 2.19 bits per heavy atom. The molecule has 1 aromatic rings. The van der Waals surface area contributed by atoms with Crippen molar-refractivity contribution >= 4 is 11.4 Å². The fourth-order valence-electron chi connectivity index (χ4n) is 3.09. The summed E-state index contributed by atoms with van der Waals surface area (Å²) in [5, 5.41) is 2.19. The van der Waals surface area contributed by atoms with Gasteiger partial charge in [-0.2, -0.15) is 0 Å². The largest absolute Gasteiger partial charge is 0.397 e. The minimum Gasteiger partial charge on any atom is -0.397 e. The Balaban J connectivity index is 1.72. The maximum atomic E-state index is 5.96. The number of anilines is 2. The molecule has 2 aliphatic rings. The third-order valence-electron chi connectivity index (χ3n) is 3.92. The van der Waals surface area contributed by atoms with Crippen molar-refractivity contribution in [2.75, 3.05) is 17.3 Å². The lowest BCUT2D eigenvalue weighted by Gasteiger charge is -2.51. The van der Waals surface area contributed by atoms with E-state index in [1.165, 1.54) is 19.3 Å². The molecule has 2 atom stereocenters.